The van der Waals surface area contributed by atoms with E-state index in [9.17, 15) is 15.2 Å². The van der Waals surface area contributed by atoms with Crippen molar-refractivity contribution in [3.8, 4) is 0 Å². The number of anilines is 2. The molecule has 0 radical (unpaired) electrons. The first-order valence-corrected chi connectivity index (χ1v) is 6.93. The van der Waals surface area contributed by atoms with Crippen LogP contribution in [0, 0.1) is 10.1 Å². The maximum Gasteiger partial charge on any atom is 0.276 e. The third-order valence-corrected chi connectivity index (χ3v) is 3.52. The molecule has 1 aliphatic rings. The highest BCUT2D eigenvalue weighted by Crippen LogP contribution is 2.31. The Labute approximate surface area is 117 Å². The van der Waals surface area contributed by atoms with E-state index in [1.165, 1.54) is 12.1 Å². The summed E-state index contributed by atoms with van der Waals surface area (Å²) in [6.45, 7) is 3.02. The molecule has 0 spiro atoms. The molecule has 20 heavy (non-hydrogen) atoms. The lowest BCUT2D eigenvalue weighted by atomic mass is 9.91. The van der Waals surface area contributed by atoms with Gasteiger partial charge in [-0.25, -0.2) is 4.98 Å². The van der Waals surface area contributed by atoms with Crippen molar-refractivity contribution in [3.63, 3.8) is 0 Å². The maximum absolute atomic E-state index is 11.0. The minimum Gasteiger partial charge on any atom is -0.395 e. The van der Waals surface area contributed by atoms with Crippen LogP contribution in [-0.4, -0.2) is 40.8 Å². The Morgan fingerprint density at radius 2 is 2.30 bits per heavy atom. The van der Waals surface area contributed by atoms with Gasteiger partial charge in [0.1, 0.15) is 11.6 Å². The van der Waals surface area contributed by atoms with Crippen LogP contribution < -0.4 is 10.2 Å². The highest BCUT2D eigenvalue weighted by atomic mass is 16.6. The molecule has 0 unspecified atom stereocenters. The normalized spacial score (nSPS) is 14.7. The number of aromatic nitrogens is 1. The lowest BCUT2D eigenvalue weighted by Gasteiger charge is -2.38. The second-order valence-electron chi connectivity index (χ2n) is 4.86. The summed E-state index contributed by atoms with van der Waals surface area (Å²) in [5, 5.41) is 23.2. The number of pyridine rings is 1. The van der Waals surface area contributed by atoms with Gasteiger partial charge >= 0.3 is 0 Å². The largest absolute Gasteiger partial charge is 0.395 e. The Bertz CT molecular complexity index is 477. The molecule has 0 amide bonds. The van der Waals surface area contributed by atoms with Crippen molar-refractivity contribution >= 4 is 17.3 Å². The van der Waals surface area contributed by atoms with E-state index in [2.05, 4.69) is 10.3 Å². The monoisotopic (exact) mass is 280 g/mol. The molecule has 0 bridgehead atoms. The number of hydrogen-bond donors (Lipinski definition) is 2. The molecule has 2 rings (SSSR count). The van der Waals surface area contributed by atoms with Gasteiger partial charge in [-0.3, -0.25) is 10.1 Å². The van der Waals surface area contributed by atoms with Crippen molar-refractivity contribution in [1.82, 2.24) is 4.98 Å². The lowest BCUT2D eigenvalue weighted by Crippen LogP contribution is -2.42. The van der Waals surface area contributed by atoms with Gasteiger partial charge in [-0.05, 0) is 26.2 Å². The quantitative estimate of drug-likeness (QED) is 0.584. The second kappa shape index (κ2) is 6.51. The molecule has 7 heteroatoms. The zero-order valence-electron chi connectivity index (χ0n) is 11.6. The third-order valence-electron chi connectivity index (χ3n) is 3.52. The van der Waals surface area contributed by atoms with E-state index in [1.807, 2.05) is 11.8 Å². The van der Waals surface area contributed by atoms with Crippen LogP contribution in [0.25, 0.3) is 0 Å². The van der Waals surface area contributed by atoms with E-state index in [4.69, 9.17) is 0 Å². The van der Waals surface area contributed by atoms with Crippen LogP contribution in [0.5, 0.6) is 0 Å². The van der Waals surface area contributed by atoms with Crippen molar-refractivity contribution in [2.24, 2.45) is 0 Å². The fraction of sp³-hybridized carbons (Fsp3) is 0.615. The van der Waals surface area contributed by atoms with Gasteiger partial charge < -0.3 is 15.3 Å². The summed E-state index contributed by atoms with van der Waals surface area (Å²) in [4.78, 5) is 17.0. The number of hydrogen-bond acceptors (Lipinski definition) is 6. The Kier molecular flexibility index (Phi) is 4.73. The summed E-state index contributed by atoms with van der Waals surface area (Å²) in [7, 11) is 0. The third kappa shape index (κ3) is 3.16. The smallest absolute Gasteiger partial charge is 0.276 e. The molecular formula is C13H20N4O3. The number of nitrogens with one attached hydrogen (secondary N) is 1. The molecule has 1 aromatic rings. The van der Waals surface area contributed by atoms with Crippen LogP contribution in [0.3, 0.4) is 0 Å². The van der Waals surface area contributed by atoms with Gasteiger partial charge in [-0.2, -0.15) is 0 Å². The fourth-order valence-electron chi connectivity index (χ4n) is 2.32. The van der Waals surface area contributed by atoms with Gasteiger partial charge in [-0.15, -0.1) is 0 Å². The summed E-state index contributed by atoms with van der Waals surface area (Å²) in [5.74, 6) is 1.06. The zero-order chi connectivity index (χ0) is 14.5. The fourth-order valence-corrected chi connectivity index (χ4v) is 2.32. The summed E-state index contributed by atoms with van der Waals surface area (Å²) in [5.41, 5.74) is 0.0215. The summed E-state index contributed by atoms with van der Waals surface area (Å²) >= 11 is 0. The highest BCUT2D eigenvalue weighted by Gasteiger charge is 2.27. The average Bonchev–Trinajstić information content (AvgIpc) is 2.36. The molecule has 1 saturated carbocycles. The minimum absolute atomic E-state index is 0.0113. The van der Waals surface area contributed by atoms with Gasteiger partial charge in [-0.1, -0.05) is 0 Å². The standard InChI is InChI=1S/C13H20N4O3/c1-2-14-12-8-11(17(19)20)9-13(15-12)16(6-7-18)10-4-3-5-10/h8-10,18H,2-7H2,1H3,(H,14,15). The number of nitrogens with zero attached hydrogens (tertiary/aromatic N) is 3. The Morgan fingerprint density at radius 3 is 2.80 bits per heavy atom. The van der Waals surface area contributed by atoms with Gasteiger partial charge in [0.15, 0.2) is 0 Å². The van der Waals surface area contributed by atoms with Gasteiger partial charge in [0.25, 0.3) is 5.69 Å². The predicted octanol–water partition coefficient (Wildman–Crippen LogP) is 1.77. The van der Waals surface area contributed by atoms with Crippen LogP contribution in [0.4, 0.5) is 17.3 Å². The van der Waals surface area contributed by atoms with Crippen molar-refractivity contribution in [2.45, 2.75) is 32.2 Å². The first kappa shape index (κ1) is 14.5. The van der Waals surface area contributed by atoms with Gasteiger partial charge in [0, 0.05) is 19.1 Å². The number of rotatable bonds is 7. The van der Waals surface area contributed by atoms with Gasteiger partial charge in [0.2, 0.25) is 0 Å². The van der Waals surface area contributed by atoms with Crippen LogP contribution in [-0.2, 0) is 0 Å². The highest BCUT2D eigenvalue weighted by molar-refractivity contribution is 5.56. The molecule has 0 atom stereocenters. The number of aliphatic hydroxyl groups is 1. The van der Waals surface area contributed by atoms with E-state index in [0.29, 0.717) is 30.8 Å². The molecular weight excluding hydrogens is 260 g/mol. The first-order valence-electron chi connectivity index (χ1n) is 6.93. The van der Waals surface area contributed by atoms with E-state index in [-0.39, 0.29) is 12.3 Å². The molecule has 2 N–H and O–H groups in total. The SMILES string of the molecule is CCNc1cc([N+](=O)[O-])cc(N(CCO)C2CCC2)n1. The average molecular weight is 280 g/mol. The van der Waals surface area contributed by atoms with E-state index >= 15 is 0 Å². The van der Waals surface area contributed by atoms with Crippen molar-refractivity contribution < 1.29 is 10.0 Å². The second-order valence-corrected chi connectivity index (χ2v) is 4.86. The van der Waals surface area contributed by atoms with E-state index in [1.54, 1.807) is 0 Å². The maximum atomic E-state index is 11.0. The predicted molar refractivity (Wildman–Crippen MR) is 77.1 cm³/mol. The number of nitro groups is 1. The van der Waals surface area contributed by atoms with E-state index in [0.717, 1.165) is 19.3 Å². The molecule has 0 saturated heterocycles. The Hall–Kier alpha value is -1.89. The molecule has 1 heterocycles. The molecule has 1 aliphatic carbocycles. The Morgan fingerprint density at radius 1 is 1.55 bits per heavy atom. The summed E-state index contributed by atoms with van der Waals surface area (Å²) in [6, 6.07) is 3.24. The van der Waals surface area contributed by atoms with Crippen LogP contribution in [0.2, 0.25) is 0 Å². The molecule has 0 aromatic carbocycles. The van der Waals surface area contributed by atoms with Crippen LogP contribution >= 0.6 is 0 Å². The molecule has 110 valence electrons. The van der Waals surface area contributed by atoms with Crippen LogP contribution in [0.15, 0.2) is 12.1 Å². The summed E-state index contributed by atoms with van der Waals surface area (Å²) in [6.07, 6.45) is 3.24. The molecule has 7 nitrogen and oxygen atoms in total. The summed E-state index contributed by atoms with van der Waals surface area (Å²) < 4.78 is 0. The van der Waals surface area contributed by atoms with Crippen LogP contribution in [0.1, 0.15) is 26.2 Å². The Balaban J connectivity index is 2.33. The van der Waals surface area contributed by atoms with Crippen molar-refractivity contribution in [2.75, 3.05) is 29.9 Å². The first-order chi connectivity index (χ1) is 9.65. The zero-order valence-corrected chi connectivity index (χ0v) is 11.6. The number of aliphatic hydroxyl groups excluding tert-OH is 1. The minimum atomic E-state index is -0.413. The molecule has 1 aromatic heterocycles. The van der Waals surface area contributed by atoms with Crippen molar-refractivity contribution in [1.29, 1.82) is 0 Å². The molecule has 0 aliphatic heterocycles. The van der Waals surface area contributed by atoms with Crippen molar-refractivity contribution in [3.05, 3.63) is 22.2 Å². The topological polar surface area (TPSA) is 91.5 Å². The van der Waals surface area contributed by atoms with E-state index < -0.39 is 4.92 Å². The molecule has 1 fully saturated rings. The van der Waals surface area contributed by atoms with Gasteiger partial charge in [0.05, 0.1) is 23.7 Å². The lowest BCUT2D eigenvalue weighted by molar-refractivity contribution is -0.384.